The molecule has 1 aliphatic heterocycles. The lowest BCUT2D eigenvalue weighted by Gasteiger charge is -2.34. The third-order valence-electron chi connectivity index (χ3n) is 5.23. The Bertz CT molecular complexity index is 1100. The molecule has 0 bridgehead atoms. The van der Waals surface area contributed by atoms with E-state index in [1.807, 2.05) is 30.3 Å². The van der Waals surface area contributed by atoms with Crippen molar-refractivity contribution in [1.29, 1.82) is 0 Å². The van der Waals surface area contributed by atoms with Gasteiger partial charge in [-0.2, -0.15) is 0 Å². The molecule has 0 radical (unpaired) electrons. The molecule has 8 nitrogen and oxygen atoms in total. The summed E-state index contributed by atoms with van der Waals surface area (Å²) in [6, 6.07) is 11.2. The van der Waals surface area contributed by atoms with Crippen molar-refractivity contribution in [2.45, 2.75) is 6.92 Å². The Balaban J connectivity index is 1.45. The van der Waals surface area contributed by atoms with Crippen molar-refractivity contribution in [3.05, 3.63) is 58.7 Å². The minimum absolute atomic E-state index is 0.206. The number of thiophene rings is 1. The summed E-state index contributed by atoms with van der Waals surface area (Å²) in [5.74, 6) is -0.0175. The van der Waals surface area contributed by atoms with E-state index in [2.05, 4.69) is 25.1 Å². The van der Waals surface area contributed by atoms with Gasteiger partial charge in [-0.1, -0.05) is 41.9 Å². The van der Waals surface area contributed by atoms with Gasteiger partial charge in [-0.15, -0.1) is 11.3 Å². The topological polar surface area (TPSA) is 87.7 Å². The van der Waals surface area contributed by atoms with Crippen molar-refractivity contribution < 1.29 is 14.3 Å². The second kappa shape index (κ2) is 10.7. The highest BCUT2D eigenvalue weighted by Gasteiger charge is 2.27. The Hall–Kier alpha value is -3.01. The standard InChI is InChI=1S/C23H24ClN5O3S/c1-2-32-22(31)19-18(16-7-4-3-5-8-16)20(24)33-21(19)27-17(30)15-28-11-13-29(14-12-28)23-25-9-6-10-26-23/h3-10H,2,11-15H2,1H3,(H,27,30). The number of aromatic nitrogens is 2. The number of carbonyl (C=O) groups is 2. The Morgan fingerprint density at radius 3 is 2.45 bits per heavy atom. The van der Waals surface area contributed by atoms with E-state index in [0.29, 0.717) is 33.9 Å². The number of piperazine rings is 1. The summed E-state index contributed by atoms with van der Waals surface area (Å²) < 4.78 is 5.69. The van der Waals surface area contributed by atoms with Crippen LogP contribution in [0.25, 0.3) is 11.1 Å². The molecule has 0 aliphatic carbocycles. The summed E-state index contributed by atoms with van der Waals surface area (Å²) in [5, 5.41) is 3.29. The van der Waals surface area contributed by atoms with E-state index in [-0.39, 0.29) is 24.6 Å². The number of esters is 1. The molecule has 3 heterocycles. The Labute approximate surface area is 201 Å². The zero-order valence-corrected chi connectivity index (χ0v) is 19.7. The molecule has 0 spiro atoms. The Morgan fingerprint density at radius 2 is 1.79 bits per heavy atom. The zero-order chi connectivity index (χ0) is 23.2. The van der Waals surface area contributed by atoms with Crippen LogP contribution in [0.2, 0.25) is 4.34 Å². The van der Waals surface area contributed by atoms with Crippen molar-refractivity contribution in [2.75, 3.05) is 49.5 Å². The quantitative estimate of drug-likeness (QED) is 0.509. The summed E-state index contributed by atoms with van der Waals surface area (Å²) in [4.78, 5) is 38.3. The Morgan fingerprint density at radius 1 is 1.09 bits per heavy atom. The predicted octanol–water partition coefficient (Wildman–Crippen LogP) is 3.80. The van der Waals surface area contributed by atoms with E-state index < -0.39 is 5.97 Å². The van der Waals surface area contributed by atoms with Crippen molar-refractivity contribution in [2.24, 2.45) is 0 Å². The molecule has 3 aromatic rings. The number of nitrogens with zero attached hydrogens (tertiary/aromatic N) is 4. The number of rotatable bonds is 7. The first-order chi connectivity index (χ1) is 16.1. The van der Waals surface area contributed by atoms with Crippen LogP contribution in [0.4, 0.5) is 10.9 Å². The first kappa shape index (κ1) is 23.2. The van der Waals surface area contributed by atoms with E-state index in [0.717, 1.165) is 18.7 Å². The highest BCUT2D eigenvalue weighted by Crippen LogP contribution is 2.43. The lowest BCUT2D eigenvalue weighted by molar-refractivity contribution is -0.117. The normalized spacial score (nSPS) is 14.2. The fourth-order valence-corrected chi connectivity index (χ4v) is 5.07. The minimum atomic E-state index is -0.508. The van der Waals surface area contributed by atoms with Crippen molar-refractivity contribution in [3.8, 4) is 11.1 Å². The monoisotopic (exact) mass is 485 g/mol. The maximum absolute atomic E-state index is 12.8. The first-order valence-corrected chi connectivity index (χ1v) is 11.8. The fourth-order valence-electron chi connectivity index (χ4n) is 3.68. The van der Waals surface area contributed by atoms with Gasteiger partial charge in [-0.3, -0.25) is 9.69 Å². The van der Waals surface area contributed by atoms with E-state index >= 15 is 0 Å². The third-order valence-corrected chi connectivity index (χ3v) is 6.55. The molecule has 1 aromatic carbocycles. The van der Waals surface area contributed by atoms with Gasteiger partial charge in [0, 0.05) is 44.1 Å². The predicted molar refractivity (Wildman–Crippen MR) is 130 cm³/mol. The number of hydrogen-bond donors (Lipinski definition) is 1. The van der Waals surface area contributed by atoms with E-state index in [1.165, 1.54) is 11.3 Å². The molecule has 2 aromatic heterocycles. The third kappa shape index (κ3) is 5.50. The highest BCUT2D eigenvalue weighted by molar-refractivity contribution is 7.21. The molecule has 0 saturated carbocycles. The lowest BCUT2D eigenvalue weighted by Crippen LogP contribution is -2.49. The molecule has 1 amide bonds. The number of ether oxygens (including phenoxy) is 1. The van der Waals surface area contributed by atoms with Gasteiger partial charge in [0.05, 0.1) is 13.2 Å². The number of benzene rings is 1. The molecule has 1 aliphatic rings. The molecule has 0 atom stereocenters. The SMILES string of the molecule is CCOC(=O)c1c(NC(=O)CN2CCN(c3ncccn3)CC2)sc(Cl)c1-c1ccccc1. The van der Waals surface area contributed by atoms with Gasteiger partial charge in [0.1, 0.15) is 14.9 Å². The van der Waals surface area contributed by atoms with Crippen LogP contribution in [0.1, 0.15) is 17.3 Å². The van der Waals surface area contributed by atoms with E-state index in [9.17, 15) is 9.59 Å². The molecule has 1 fully saturated rings. The van der Waals surface area contributed by atoms with Gasteiger partial charge in [0.2, 0.25) is 11.9 Å². The highest BCUT2D eigenvalue weighted by atomic mass is 35.5. The largest absolute Gasteiger partial charge is 0.462 e. The molecule has 1 N–H and O–H groups in total. The second-order valence-electron chi connectivity index (χ2n) is 7.40. The maximum Gasteiger partial charge on any atom is 0.341 e. The lowest BCUT2D eigenvalue weighted by atomic mass is 10.0. The number of nitrogens with one attached hydrogen (secondary N) is 1. The van der Waals surface area contributed by atoms with Crippen LogP contribution in [0.3, 0.4) is 0 Å². The number of halogens is 1. The molecule has 33 heavy (non-hydrogen) atoms. The molecular formula is C23H24ClN5O3S. The van der Waals surface area contributed by atoms with Crippen LogP contribution in [0.15, 0.2) is 48.8 Å². The van der Waals surface area contributed by atoms with Crippen molar-refractivity contribution in [1.82, 2.24) is 14.9 Å². The van der Waals surface area contributed by atoms with E-state index in [1.54, 1.807) is 25.4 Å². The van der Waals surface area contributed by atoms with Crippen LogP contribution in [0.5, 0.6) is 0 Å². The van der Waals surface area contributed by atoms with E-state index in [4.69, 9.17) is 16.3 Å². The number of anilines is 2. The second-order valence-corrected chi connectivity index (χ2v) is 9.02. The van der Waals surface area contributed by atoms with Crippen LogP contribution < -0.4 is 10.2 Å². The van der Waals surface area contributed by atoms with Crippen LogP contribution >= 0.6 is 22.9 Å². The number of carbonyl (C=O) groups excluding carboxylic acids is 2. The van der Waals surface area contributed by atoms with Gasteiger partial charge in [0.15, 0.2) is 0 Å². The minimum Gasteiger partial charge on any atom is -0.462 e. The summed E-state index contributed by atoms with van der Waals surface area (Å²) >= 11 is 7.68. The molecular weight excluding hydrogens is 462 g/mol. The smallest absolute Gasteiger partial charge is 0.341 e. The molecule has 172 valence electrons. The zero-order valence-electron chi connectivity index (χ0n) is 18.2. The maximum atomic E-state index is 12.8. The molecule has 0 unspecified atom stereocenters. The summed E-state index contributed by atoms with van der Waals surface area (Å²) in [6.07, 6.45) is 3.44. The average Bonchev–Trinajstić information content (AvgIpc) is 3.16. The van der Waals surface area contributed by atoms with Crippen LogP contribution in [-0.4, -0.2) is 66.1 Å². The van der Waals surface area contributed by atoms with Gasteiger partial charge in [-0.25, -0.2) is 14.8 Å². The van der Waals surface area contributed by atoms with Crippen LogP contribution in [0, 0.1) is 0 Å². The van der Waals surface area contributed by atoms with Crippen molar-refractivity contribution in [3.63, 3.8) is 0 Å². The van der Waals surface area contributed by atoms with Crippen molar-refractivity contribution >= 4 is 45.8 Å². The fraction of sp³-hybridized carbons (Fsp3) is 0.304. The first-order valence-electron chi connectivity index (χ1n) is 10.7. The number of hydrogen-bond acceptors (Lipinski definition) is 8. The summed E-state index contributed by atoms with van der Waals surface area (Å²) in [6.45, 7) is 5.05. The summed E-state index contributed by atoms with van der Waals surface area (Å²) in [7, 11) is 0. The number of amides is 1. The molecule has 10 heteroatoms. The van der Waals surface area contributed by atoms with Gasteiger partial charge >= 0.3 is 5.97 Å². The molecule has 4 rings (SSSR count). The Kier molecular flexibility index (Phi) is 7.54. The average molecular weight is 486 g/mol. The van der Waals surface area contributed by atoms with Gasteiger partial charge < -0.3 is 15.0 Å². The van der Waals surface area contributed by atoms with Crippen LogP contribution in [-0.2, 0) is 9.53 Å². The van der Waals surface area contributed by atoms with Gasteiger partial charge in [0.25, 0.3) is 0 Å². The summed E-state index contributed by atoms with van der Waals surface area (Å²) in [5.41, 5.74) is 1.66. The van der Waals surface area contributed by atoms with Gasteiger partial charge in [-0.05, 0) is 18.6 Å². The molecule has 1 saturated heterocycles.